The standard InChI is InChI=1S/C14H9Cl2N3O3S/c1-5-9(15)10(16)11(17-5)12(20)19-14-18-7-3-2-6(13(21)22)4-8(7)23-14/h2-4,17H,1H3,(H,21,22)(H,18,19,20). The molecule has 2 heterocycles. The van der Waals surface area contributed by atoms with Crippen molar-refractivity contribution in [2.24, 2.45) is 0 Å². The second-order valence-corrected chi connectivity index (χ2v) is 6.50. The van der Waals surface area contributed by atoms with Crippen LogP contribution in [-0.4, -0.2) is 27.0 Å². The summed E-state index contributed by atoms with van der Waals surface area (Å²) in [6, 6.07) is 4.56. The van der Waals surface area contributed by atoms with E-state index in [4.69, 9.17) is 28.3 Å². The van der Waals surface area contributed by atoms with Crippen molar-refractivity contribution < 1.29 is 14.7 Å². The highest BCUT2D eigenvalue weighted by molar-refractivity contribution is 7.22. The Morgan fingerprint density at radius 1 is 1.30 bits per heavy atom. The Morgan fingerprint density at radius 3 is 2.65 bits per heavy atom. The molecule has 3 rings (SSSR count). The van der Waals surface area contributed by atoms with Gasteiger partial charge in [0.2, 0.25) is 0 Å². The van der Waals surface area contributed by atoms with Crippen molar-refractivity contribution in [3.63, 3.8) is 0 Å². The molecule has 0 fully saturated rings. The predicted octanol–water partition coefficient (Wildman–Crippen LogP) is 4.19. The first kappa shape index (κ1) is 15.8. The van der Waals surface area contributed by atoms with Gasteiger partial charge in [-0.15, -0.1) is 0 Å². The molecule has 0 radical (unpaired) electrons. The number of H-pyrrole nitrogens is 1. The molecule has 1 amide bonds. The number of aromatic carboxylic acids is 1. The first-order chi connectivity index (χ1) is 10.9. The number of nitrogens with one attached hydrogen (secondary N) is 2. The lowest BCUT2D eigenvalue weighted by molar-refractivity contribution is 0.0697. The molecule has 0 unspecified atom stereocenters. The van der Waals surface area contributed by atoms with Gasteiger partial charge in [0.15, 0.2) is 5.13 Å². The minimum absolute atomic E-state index is 0.149. The van der Waals surface area contributed by atoms with Crippen LogP contribution in [0.15, 0.2) is 18.2 Å². The highest BCUT2D eigenvalue weighted by Crippen LogP contribution is 2.31. The summed E-state index contributed by atoms with van der Waals surface area (Å²) in [5, 5.41) is 12.4. The average Bonchev–Trinajstić information content (AvgIpc) is 3.01. The summed E-state index contributed by atoms with van der Waals surface area (Å²) in [7, 11) is 0. The van der Waals surface area contributed by atoms with E-state index in [1.54, 1.807) is 13.0 Å². The van der Waals surface area contributed by atoms with Gasteiger partial charge in [-0.2, -0.15) is 0 Å². The van der Waals surface area contributed by atoms with Crippen LogP contribution in [0.25, 0.3) is 10.2 Å². The Morgan fingerprint density at radius 2 is 2.04 bits per heavy atom. The number of benzene rings is 1. The number of amides is 1. The molecule has 9 heteroatoms. The molecule has 0 saturated carbocycles. The molecule has 3 N–H and O–H groups in total. The van der Waals surface area contributed by atoms with E-state index in [9.17, 15) is 9.59 Å². The maximum absolute atomic E-state index is 12.2. The van der Waals surface area contributed by atoms with E-state index in [0.717, 1.165) is 0 Å². The molecule has 0 atom stereocenters. The smallest absolute Gasteiger partial charge is 0.335 e. The molecular formula is C14H9Cl2N3O3S. The summed E-state index contributed by atoms with van der Waals surface area (Å²) in [6.45, 7) is 1.70. The molecule has 0 aliphatic heterocycles. The third kappa shape index (κ3) is 2.90. The van der Waals surface area contributed by atoms with Gasteiger partial charge in [-0.1, -0.05) is 34.5 Å². The number of halogens is 2. The molecule has 0 aliphatic carbocycles. The molecule has 23 heavy (non-hydrogen) atoms. The zero-order valence-electron chi connectivity index (χ0n) is 11.6. The van der Waals surface area contributed by atoms with E-state index in [1.165, 1.54) is 23.5 Å². The van der Waals surface area contributed by atoms with Crippen molar-refractivity contribution in [1.82, 2.24) is 9.97 Å². The summed E-state index contributed by atoms with van der Waals surface area (Å²) < 4.78 is 0.659. The van der Waals surface area contributed by atoms with Gasteiger partial charge >= 0.3 is 5.97 Å². The van der Waals surface area contributed by atoms with Crippen molar-refractivity contribution in [2.75, 3.05) is 5.32 Å². The highest BCUT2D eigenvalue weighted by Gasteiger charge is 2.19. The Labute approximate surface area is 144 Å². The SMILES string of the molecule is Cc1[nH]c(C(=O)Nc2nc3ccc(C(=O)O)cc3s2)c(Cl)c1Cl. The maximum atomic E-state index is 12.2. The van der Waals surface area contributed by atoms with Crippen LogP contribution in [0, 0.1) is 6.92 Å². The van der Waals surface area contributed by atoms with Gasteiger partial charge in [-0.3, -0.25) is 10.1 Å². The molecule has 118 valence electrons. The first-order valence-corrected chi connectivity index (χ1v) is 7.93. The number of rotatable bonds is 3. The fraction of sp³-hybridized carbons (Fsp3) is 0.0714. The third-order valence-electron chi connectivity index (χ3n) is 3.14. The number of carboxylic acids is 1. The van der Waals surface area contributed by atoms with Gasteiger partial charge in [-0.25, -0.2) is 9.78 Å². The van der Waals surface area contributed by atoms with E-state index in [0.29, 0.717) is 26.1 Å². The molecule has 0 bridgehead atoms. The lowest BCUT2D eigenvalue weighted by atomic mass is 10.2. The fourth-order valence-corrected chi connectivity index (χ4v) is 3.32. The highest BCUT2D eigenvalue weighted by atomic mass is 35.5. The Balaban J connectivity index is 1.90. The number of anilines is 1. The molecular weight excluding hydrogens is 361 g/mol. The number of carbonyl (C=O) groups is 2. The summed E-state index contributed by atoms with van der Waals surface area (Å²) in [5.74, 6) is -1.49. The van der Waals surface area contributed by atoms with Crippen molar-refractivity contribution in [2.45, 2.75) is 6.92 Å². The number of aromatic nitrogens is 2. The predicted molar refractivity (Wildman–Crippen MR) is 90.1 cm³/mol. The van der Waals surface area contributed by atoms with Crippen molar-refractivity contribution >= 4 is 61.8 Å². The number of thiazole rings is 1. The molecule has 0 spiro atoms. The van der Waals surface area contributed by atoms with Crippen molar-refractivity contribution in [3.8, 4) is 0 Å². The van der Waals surface area contributed by atoms with E-state index < -0.39 is 11.9 Å². The zero-order chi connectivity index (χ0) is 16.7. The molecule has 0 saturated heterocycles. The Hall–Kier alpha value is -2.09. The topological polar surface area (TPSA) is 95.1 Å². The summed E-state index contributed by atoms with van der Waals surface area (Å²) in [4.78, 5) is 30.3. The summed E-state index contributed by atoms with van der Waals surface area (Å²) in [6.07, 6.45) is 0. The van der Waals surface area contributed by atoms with Gasteiger partial charge in [0.1, 0.15) is 5.69 Å². The van der Waals surface area contributed by atoms with Crippen LogP contribution in [0.1, 0.15) is 26.5 Å². The number of nitrogens with zero attached hydrogens (tertiary/aromatic N) is 1. The lowest BCUT2D eigenvalue weighted by Crippen LogP contribution is -2.12. The Kier molecular flexibility index (Phi) is 4.01. The number of carbonyl (C=O) groups excluding carboxylic acids is 1. The minimum Gasteiger partial charge on any atom is -0.478 e. The fourth-order valence-electron chi connectivity index (χ4n) is 2.00. The number of hydrogen-bond donors (Lipinski definition) is 3. The molecule has 3 aromatic rings. The van der Waals surface area contributed by atoms with Gasteiger partial charge in [-0.05, 0) is 25.1 Å². The quantitative estimate of drug-likeness (QED) is 0.644. The molecule has 6 nitrogen and oxygen atoms in total. The third-order valence-corrected chi connectivity index (χ3v) is 5.02. The largest absolute Gasteiger partial charge is 0.478 e. The van der Waals surface area contributed by atoms with Crippen LogP contribution in [0.3, 0.4) is 0 Å². The number of hydrogen-bond acceptors (Lipinski definition) is 4. The number of aryl methyl sites for hydroxylation is 1. The van der Waals surface area contributed by atoms with Gasteiger partial charge in [0.25, 0.3) is 5.91 Å². The van der Waals surface area contributed by atoms with Crippen LogP contribution in [0.2, 0.25) is 10.0 Å². The number of carboxylic acid groups (broad SMARTS) is 1. The second kappa shape index (κ2) is 5.84. The average molecular weight is 370 g/mol. The summed E-state index contributed by atoms with van der Waals surface area (Å²) >= 11 is 13.1. The normalized spacial score (nSPS) is 10.9. The second-order valence-electron chi connectivity index (χ2n) is 4.71. The van der Waals surface area contributed by atoms with Gasteiger partial charge in [0.05, 0.1) is 25.8 Å². The van der Waals surface area contributed by atoms with E-state index in [2.05, 4.69) is 15.3 Å². The lowest BCUT2D eigenvalue weighted by Gasteiger charge is -1.99. The maximum Gasteiger partial charge on any atom is 0.335 e. The van der Waals surface area contributed by atoms with Crippen molar-refractivity contribution in [3.05, 3.63) is 45.2 Å². The van der Waals surface area contributed by atoms with Crippen LogP contribution in [0.4, 0.5) is 5.13 Å². The number of fused-ring (bicyclic) bond motifs is 1. The van der Waals surface area contributed by atoms with Crippen LogP contribution in [0.5, 0.6) is 0 Å². The monoisotopic (exact) mass is 369 g/mol. The van der Waals surface area contributed by atoms with E-state index in [-0.39, 0.29) is 16.3 Å². The van der Waals surface area contributed by atoms with Crippen LogP contribution in [-0.2, 0) is 0 Å². The van der Waals surface area contributed by atoms with Crippen molar-refractivity contribution in [1.29, 1.82) is 0 Å². The van der Waals surface area contributed by atoms with Crippen LogP contribution < -0.4 is 5.32 Å². The first-order valence-electron chi connectivity index (χ1n) is 6.35. The van der Waals surface area contributed by atoms with Gasteiger partial charge < -0.3 is 10.1 Å². The van der Waals surface area contributed by atoms with E-state index >= 15 is 0 Å². The van der Waals surface area contributed by atoms with Crippen LogP contribution >= 0.6 is 34.5 Å². The molecule has 1 aromatic carbocycles. The molecule has 0 aliphatic rings. The number of aromatic amines is 1. The molecule has 2 aromatic heterocycles. The minimum atomic E-state index is -1.02. The summed E-state index contributed by atoms with van der Waals surface area (Å²) in [5.41, 5.74) is 1.51. The zero-order valence-corrected chi connectivity index (χ0v) is 13.9. The Bertz CT molecular complexity index is 948. The van der Waals surface area contributed by atoms with E-state index in [1.807, 2.05) is 0 Å². The van der Waals surface area contributed by atoms with Gasteiger partial charge in [0, 0.05) is 5.69 Å².